The number of benzene rings is 1. The molecule has 0 spiro atoms. The molecule has 0 saturated carbocycles. The van der Waals surface area contributed by atoms with Crippen molar-refractivity contribution in [2.24, 2.45) is 16.8 Å². The van der Waals surface area contributed by atoms with Crippen LogP contribution in [-0.2, 0) is 0 Å². The van der Waals surface area contributed by atoms with E-state index in [9.17, 15) is 4.79 Å². The molecule has 0 radical (unpaired) electrons. The fourth-order valence-corrected chi connectivity index (χ4v) is 4.05. The summed E-state index contributed by atoms with van der Waals surface area (Å²) in [6.45, 7) is 12.5. The van der Waals surface area contributed by atoms with E-state index in [4.69, 9.17) is 5.26 Å². The molecule has 168 valence electrons. The van der Waals surface area contributed by atoms with Gasteiger partial charge in [-0.15, -0.1) is 0 Å². The molecule has 1 N–H and O–H groups in total. The maximum Gasteiger partial charge on any atom is 0.253 e. The lowest BCUT2D eigenvalue weighted by Crippen LogP contribution is -2.51. The minimum absolute atomic E-state index is 0.0461. The minimum atomic E-state index is -0.0631. The number of aromatic amines is 1. The van der Waals surface area contributed by atoms with Crippen LogP contribution in [0.2, 0.25) is 0 Å². The number of hydrogen-bond donors (Lipinski definition) is 1. The highest BCUT2D eigenvalue weighted by Crippen LogP contribution is 2.31. The molecule has 1 fully saturated rings. The molecular weight excluding hydrogens is 398 g/mol. The van der Waals surface area contributed by atoms with Crippen LogP contribution < -0.4 is 0 Å². The first-order valence-corrected chi connectivity index (χ1v) is 11.3. The topological polar surface area (TPSA) is 75.5 Å². The van der Waals surface area contributed by atoms with Gasteiger partial charge in [-0.05, 0) is 48.9 Å². The molecule has 1 aromatic carbocycles. The van der Waals surface area contributed by atoms with Gasteiger partial charge in [-0.2, -0.15) is 5.26 Å². The molecule has 0 bridgehead atoms. The van der Waals surface area contributed by atoms with Crippen molar-refractivity contribution in [2.45, 2.75) is 39.7 Å². The number of carbonyl (C=O) groups is 1. The standard InChI is InChI=1S/C26H33N5O/c1-6-18(2)16-29-25-23(10-12-28-25)20(4)31-13-11-19(3)24(17-31)30(5)26(32)22-9-7-8-21(14-22)15-27/h7-10,12,14,16,18-19,24,28H,4,6,11,13,17H2,1-3,5H3. The van der Waals surface area contributed by atoms with Crippen LogP contribution in [0.4, 0.5) is 5.82 Å². The maximum atomic E-state index is 13.1. The fourth-order valence-electron chi connectivity index (χ4n) is 4.05. The predicted molar refractivity (Wildman–Crippen MR) is 130 cm³/mol. The summed E-state index contributed by atoms with van der Waals surface area (Å²) >= 11 is 0. The Morgan fingerprint density at radius 3 is 2.97 bits per heavy atom. The van der Waals surface area contributed by atoms with Gasteiger partial charge in [-0.25, -0.2) is 4.99 Å². The summed E-state index contributed by atoms with van der Waals surface area (Å²) in [7, 11) is 1.85. The first-order chi connectivity index (χ1) is 15.3. The minimum Gasteiger partial charge on any atom is -0.369 e. The normalized spacial score (nSPS) is 19.5. The third-order valence-corrected chi connectivity index (χ3v) is 6.49. The molecule has 1 aromatic heterocycles. The van der Waals surface area contributed by atoms with Gasteiger partial charge in [0.2, 0.25) is 0 Å². The summed E-state index contributed by atoms with van der Waals surface area (Å²) in [6.07, 6.45) is 5.89. The zero-order valence-electron chi connectivity index (χ0n) is 19.5. The van der Waals surface area contributed by atoms with Gasteiger partial charge in [0.15, 0.2) is 0 Å². The molecule has 1 aliphatic rings. The summed E-state index contributed by atoms with van der Waals surface area (Å²) in [4.78, 5) is 25.1. The molecule has 0 aliphatic carbocycles. The number of carbonyl (C=O) groups excluding carboxylic acids is 1. The van der Waals surface area contributed by atoms with Crippen molar-refractivity contribution in [3.8, 4) is 6.07 Å². The third kappa shape index (κ3) is 5.11. The molecule has 3 atom stereocenters. The van der Waals surface area contributed by atoms with Crippen LogP contribution in [0.25, 0.3) is 5.70 Å². The molecular formula is C26H33N5O. The largest absolute Gasteiger partial charge is 0.369 e. The lowest BCUT2D eigenvalue weighted by Gasteiger charge is -2.43. The van der Waals surface area contributed by atoms with E-state index in [0.29, 0.717) is 29.5 Å². The molecule has 6 heteroatoms. The Kier molecular flexibility index (Phi) is 7.53. The van der Waals surface area contributed by atoms with Crippen molar-refractivity contribution >= 4 is 23.6 Å². The van der Waals surface area contributed by atoms with Crippen molar-refractivity contribution in [1.82, 2.24) is 14.8 Å². The Balaban J connectivity index is 1.76. The van der Waals surface area contributed by atoms with Crippen LogP contribution in [0.1, 0.15) is 55.1 Å². The number of likely N-dealkylation sites (tertiary alicyclic amines) is 1. The summed E-state index contributed by atoms with van der Waals surface area (Å²) in [5.41, 5.74) is 2.95. The van der Waals surface area contributed by atoms with Crippen LogP contribution >= 0.6 is 0 Å². The smallest absolute Gasteiger partial charge is 0.253 e. The first kappa shape index (κ1) is 23.3. The number of aliphatic imine (C=N–C) groups is 1. The Bertz CT molecular complexity index is 1030. The van der Waals surface area contributed by atoms with Crippen molar-refractivity contribution < 1.29 is 4.79 Å². The van der Waals surface area contributed by atoms with E-state index in [1.807, 2.05) is 30.4 Å². The Morgan fingerprint density at radius 1 is 1.47 bits per heavy atom. The zero-order chi connectivity index (χ0) is 23.3. The number of hydrogen-bond acceptors (Lipinski definition) is 4. The molecule has 3 rings (SSSR count). The Hall–Kier alpha value is -3.33. The van der Waals surface area contributed by atoms with Crippen LogP contribution in [0.5, 0.6) is 0 Å². The second kappa shape index (κ2) is 10.3. The van der Waals surface area contributed by atoms with Crippen LogP contribution in [0.15, 0.2) is 48.1 Å². The van der Waals surface area contributed by atoms with Gasteiger partial charge in [0.1, 0.15) is 5.82 Å². The average Bonchev–Trinajstić information content (AvgIpc) is 3.30. The van der Waals surface area contributed by atoms with Crippen molar-refractivity contribution in [2.75, 3.05) is 20.1 Å². The number of nitriles is 1. The number of nitrogens with zero attached hydrogens (tertiary/aromatic N) is 4. The van der Waals surface area contributed by atoms with Gasteiger partial charge in [-0.3, -0.25) is 4.79 Å². The number of amides is 1. The van der Waals surface area contributed by atoms with Gasteiger partial charge in [0.05, 0.1) is 17.7 Å². The molecule has 1 aliphatic heterocycles. The summed E-state index contributed by atoms with van der Waals surface area (Å²) in [6, 6.07) is 11.1. The maximum absolute atomic E-state index is 13.1. The van der Waals surface area contributed by atoms with Crippen LogP contribution in [0, 0.1) is 23.2 Å². The average molecular weight is 432 g/mol. The van der Waals surface area contributed by atoms with Gasteiger partial charge in [0, 0.05) is 49.4 Å². The van der Waals surface area contributed by atoms with Gasteiger partial charge in [-0.1, -0.05) is 33.4 Å². The number of rotatable bonds is 7. The highest BCUT2D eigenvalue weighted by molar-refractivity contribution is 5.94. The molecule has 2 aromatic rings. The number of H-pyrrole nitrogens is 1. The second-order valence-corrected chi connectivity index (χ2v) is 8.74. The lowest BCUT2D eigenvalue weighted by molar-refractivity contribution is 0.0572. The number of piperidine rings is 1. The molecule has 2 heterocycles. The van der Waals surface area contributed by atoms with Gasteiger partial charge in [0.25, 0.3) is 5.91 Å². The summed E-state index contributed by atoms with van der Waals surface area (Å²) < 4.78 is 0. The summed E-state index contributed by atoms with van der Waals surface area (Å²) in [5.74, 6) is 1.54. The summed E-state index contributed by atoms with van der Waals surface area (Å²) in [5, 5.41) is 9.16. The zero-order valence-corrected chi connectivity index (χ0v) is 19.5. The molecule has 6 nitrogen and oxygen atoms in total. The Labute approximate surface area is 191 Å². The second-order valence-electron chi connectivity index (χ2n) is 8.74. The van der Waals surface area contributed by atoms with Crippen molar-refractivity contribution in [3.05, 3.63) is 59.8 Å². The van der Waals surface area contributed by atoms with E-state index in [0.717, 1.165) is 36.5 Å². The first-order valence-electron chi connectivity index (χ1n) is 11.3. The Morgan fingerprint density at radius 2 is 2.25 bits per heavy atom. The van der Waals surface area contributed by atoms with E-state index in [1.165, 1.54) is 0 Å². The quantitative estimate of drug-likeness (QED) is 0.621. The molecule has 32 heavy (non-hydrogen) atoms. The van der Waals surface area contributed by atoms with Crippen molar-refractivity contribution in [3.63, 3.8) is 0 Å². The van der Waals surface area contributed by atoms with Crippen LogP contribution in [-0.4, -0.2) is 53.1 Å². The monoisotopic (exact) mass is 431 g/mol. The highest BCUT2D eigenvalue weighted by Gasteiger charge is 2.33. The van der Waals surface area contributed by atoms with Crippen molar-refractivity contribution in [1.29, 1.82) is 5.26 Å². The molecule has 1 amide bonds. The number of nitrogens with one attached hydrogen (secondary N) is 1. The van der Waals surface area contributed by atoms with E-state index in [-0.39, 0.29) is 11.9 Å². The van der Waals surface area contributed by atoms with E-state index >= 15 is 0 Å². The third-order valence-electron chi connectivity index (χ3n) is 6.49. The van der Waals surface area contributed by atoms with Gasteiger partial charge >= 0.3 is 0 Å². The number of likely N-dealkylation sites (N-methyl/N-ethyl adjacent to an activating group) is 1. The fraction of sp³-hybridized carbons (Fsp3) is 0.423. The SMILES string of the molecule is C=C(c1cc[nH]c1N=CC(C)CC)N1CCC(C)C(N(C)C(=O)c2cccc(C#N)c2)C1. The predicted octanol–water partition coefficient (Wildman–Crippen LogP) is 5.09. The van der Waals surface area contributed by atoms with Gasteiger partial charge < -0.3 is 14.8 Å². The molecule has 3 unspecified atom stereocenters. The van der Waals surface area contributed by atoms with Crippen LogP contribution in [0.3, 0.4) is 0 Å². The van der Waals surface area contributed by atoms with E-state index < -0.39 is 0 Å². The highest BCUT2D eigenvalue weighted by atomic mass is 16.2. The number of aromatic nitrogens is 1. The molecule has 1 saturated heterocycles. The van der Waals surface area contributed by atoms with E-state index in [1.54, 1.807) is 24.3 Å². The van der Waals surface area contributed by atoms with E-state index in [2.05, 4.69) is 48.3 Å². The lowest BCUT2D eigenvalue weighted by atomic mass is 9.91.